The molecule has 0 aliphatic heterocycles. The zero-order valence-corrected chi connectivity index (χ0v) is 12.9. The summed E-state index contributed by atoms with van der Waals surface area (Å²) in [5.74, 6) is 2.27. The Morgan fingerprint density at radius 3 is 2.37 bits per heavy atom. The van der Waals surface area contributed by atoms with E-state index in [2.05, 4.69) is 64.6 Å². The van der Waals surface area contributed by atoms with Crippen LogP contribution in [0.2, 0.25) is 0 Å². The van der Waals surface area contributed by atoms with Crippen LogP contribution in [0, 0.1) is 17.8 Å². The van der Waals surface area contributed by atoms with E-state index in [9.17, 15) is 0 Å². The van der Waals surface area contributed by atoms with Gasteiger partial charge < -0.3 is 0 Å². The second kappa shape index (κ2) is 5.53. The van der Waals surface area contributed by atoms with E-state index in [-0.39, 0.29) is 5.41 Å². The van der Waals surface area contributed by atoms with Gasteiger partial charge in [0, 0.05) is 0 Å². The van der Waals surface area contributed by atoms with E-state index in [0.29, 0.717) is 5.92 Å². The maximum absolute atomic E-state index is 4.38. The molecule has 19 heavy (non-hydrogen) atoms. The Kier molecular flexibility index (Phi) is 4.18. The molecule has 0 heterocycles. The predicted octanol–water partition coefficient (Wildman–Crippen LogP) is 5.59. The van der Waals surface area contributed by atoms with Gasteiger partial charge in [-0.05, 0) is 48.0 Å². The van der Waals surface area contributed by atoms with Gasteiger partial charge in [0.2, 0.25) is 0 Å². The quantitative estimate of drug-likeness (QED) is 0.618. The molecule has 0 radical (unpaired) electrons. The molecule has 0 heteroatoms. The largest absolute Gasteiger partial charge is 0.0995 e. The second-order valence-corrected chi connectivity index (χ2v) is 7.08. The molecular formula is C19H28. The topological polar surface area (TPSA) is 0 Å². The highest BCUT2D eigenvalue weighted by Crippen LogP contribution is 2.46. The first-order valence-electron chi connectivity index (χ1n) is 7.66. The van der Waals surface area contributed by atoms with Crippen molar-refractivity contribution in [1.29, 1.82) is 0 Å². The van der Waals surface area contributed by atoms with Crippen LogP contribution in [0.15, 0.2) is 42.5 Å². The Bertz CT molecular complexity index is 425. The third kappa shape index (κ3) is 2.94. The van der Waals surface area contributed by atoms with Crippen LogP contribution in [0.1, 0.15) is 52.5 Å². The molecule has 1 aliphatic carbocycles. The fourth-order valence-electron chi connectivity index (χ4n) is 3.61. The smallest absolute Gasteiger partial charge is 0.00382 e. The first-order chi connectivity index (χ1) is 8.93. The minimum Gasteiger partial charge on any atom is -0.0995 e. The summed E-state index contributed by atoms with van der Waals surface area (Å²) in [7, 11) is 0. The Hall–Kier alpha value is -1.04. The van der Waals surface area contributed by atoms with Gasteiger partial charge in [0.15, 0.2) is 0 Å². The number of allylic oxidation sites excluding steroid dienone is 1. The van der Waals surface area contributed by atoms with Gasteiger partial charge in [-0.3, -0.25) is 0 Å². The van der Waals surface area contributed by atoms with Crippen molar-refractivity contribution in [3.8, 4) is 0 Å². The van der Waals surface area contributed by atoms with Crippen molar-refractivity contribution >= 4 is 0 Å². The molecule has 104 valence electrons. The molecule has 0 N–H and O–H groups in total. The summed E-state index contributed by atoms with van der Waals surface area (Å²) in [4.78, 5) is 0. The van der Waals surface area contributed by atoms with Crippen molar-refractivity contribution in [1.82, 2.24) is 0 Å². The molecule has 2 rings (SSSR count). The van der Waals surface area contributed by atoms with E-state index >= 15 is 0 Å². The number of rotatable bonds is 3. The highest BCUT2D eigenvalue weighted by molar-refractivity contribution is 5.28. The second-order valence-electron chi connectivity index (χ2n) is 7.08. The minimum atomic E-state index is 0.200. The van der Waals surface area contributed by atoms with Crippen LogP contribution < -0.4 is 0 Å². The van der Waals surface area contributed by atoms with Crippen LogP contribution in [0.5, 0.6) is 0 Å². The van der Waals surface area contributed by atoms with Crippen molar-refractivity contribution < 1.29 is 0 Å². The van der Waals surface area contributed by atoms with Crippen molar-refractivity contribution in [3.63, 3.8) is 0 Å². The Labute approximate surface area is 118 Å². The number of hydrogen-bond acceptors (Lipinski definition) is 0. The lowest BCUT2D eigenvalue weighted by Gasteiger charge is -2.43. The number of benzene rings is 1. The average molecular weight is 256 g/mol. The average Bonchev–Trinajstić information content (AvgIpc) is 2.39. The van der Waals surface area contributed by atoms with Gasteiger partial charge in [-0.15, -0.1) is 0 Å². The summed E-state index contributed by atoms with van der Waals surface area (Å²) >= 11 is 0. The van der Waals surface area contributed by atoms with Crippen LogP contribution >= 0.6 is 0 Å². The van der Waals surface area contributed by atoms with Crippen molar-refractivity contribution in [3.05, 3.63) is 48.0 Å². The highest BCUT2D eigenvalue weighted by Gasteiger charge is 2.37. The molecule has 1 fully saturated rings. The van der Waals surface area contributed by atoms with Crippen molar-refractivity contribution in [2.75, 3.05) is 0 Å². The monoisotopic (exact) mass is 256 g/mol. The van der Waals surface area contributed by atoms with Gasteiger partial charge in [0.1, 0.15) is 0 Å². The van der Waals surface area contributed by atoms with Crippen LogP contribution in [0.25, 0.3) is 0 Å². The van der Waals surface area contributed by atoms with Gasteiger partial charge in [0.25, 0.3) is 0 Å². The molecule has 0 bridgehead atoms. The maximum atomic E-state index is 4.38. The fraction of sp³-hybridized carbons (Fsp3) is 0.579. The minimum absolute atomic E-state index is 0.200. The molecular weight excluding hydrogens is 228 g/mol. The molecule has 0 nitrogen and oxygen atoms in total. The normalized spacial score (nSPS) is 24.8. The molecule has 0 unspecified atom stereocenters. The first kappa shape index (κ1) is 14.4. The molecule has 0 saturated heterocycles. The molecule has 1 aromatic carbocycles. The molecule has 0 aromatic heterocycles. The summed E-state index contributed by atoms with van der Waals surface area (Å²) in [6.07, 6.45) is 3.85. The molecule has 1 aliphatic rings. The summed E-state index contributed by atoms with van der Waals surface area (Å²) in [5, 5.41) is 0. The standard InChI is InChI=1S/C19H28/c1-14(2)16-12-11-15(3)18(13-16)19(4,5)17-9-7-6-8-10-17/h6-10,14,16,18H,3,11-13H2,1-2,4-5H3/t16-,18+/m1/s1. The third-order valence-corrected chi connectivity index (χ3v) is 5.20. The van der Waals surface area contributed by atoms with Gasteiger partial charge >= 0.3 is 0 Å². The molecule has 1 saturated carbocycles. The van der Waals surface area contributed by atoms with E-state index in [4.69, 9.17) is 0 Å². The molecule has 1 aromatic rings. The van der Waals surface area contributed by atoms with Crippen LogP contribution in [-0.2, 0) is 5.41 Å². The van der Waals surface area contributed by atoms with Gasteiger partial charge in [0.05, 0.1) is 0 Å². The summed E-state index contributed by atoms with van der Waals surface area (Å²) in [5.41, 5.74) is 3.11. The summed E-state index contributed by atoms with van der Waals surface area (Å²) in [6, 6.07) is 11.0. The highest BCUT2D eigenvalue weighted by atomic mass is 14.4. The first-order valence-corrected chi connectivity index (χ1v) is 7.66. The van der Waals surface area contributed by atoms with E-state index in [1.807, 2.05) is 0 Å². The fourth-order valence-corrected chi connectivity index (χ4v) is 3.61. The SMILES string of the molecule is C=C1CC[C@@H](C(C)C)C[C@@H]1C(C)(C)c1ccccc1. The lowest BCUT2D eigenvalue weighted by atomic mass is 9.62. The number of hydrogen-bond donors (Lipinski definition) is 0. The van der Waals surface area contributed by atoms with Crippen molar-refractivity contribution in [2.24, 2.45) is 17.8 Å². The van der Waals surface area contributed by atoms with E-state index in [1.165, 1.54) is 30.4 Å². The predicted molar refractivity (Wildman–Crippen MR) is 84.3 cm³/mol. The maximum Gasteiger partial charge on any atom is -0.00382 e. The van der Waals surface area contributed by atoms with E-state index in [0.717, 1.165) is 11.8 Å². The van der Waals surface area contributed by atoms with Gasteiger partial charge in [-0.2, -0.15) is 0 Å². The van der Waals surface area contributed by atoms with Crippen LogP contribution in [0.4, 0.5) is 0 Å². The third-order valence-electron chi connectivity index (χ3n) is 5.20. The van der Waals surface area contributed by atoms with Crippen LogP contribution in [-0.4, -0.2) is 0 Å². The van der Waals surface area contributed by atoms with Gasteiger partial charge in [-0.1, -0.05) is 70.2 Å². The zero-order chi connectivity index (χ0) is 14.0. The molecule has 2 atom stereocenters. The summed E-state index contributed by atoms with van der Waals surface area (Å²) < 4.78 is 0. The Morgan fingerprint density at radius 1 is 1.16 bits per heavy atom. The molecule has 0 amide bonds. The summed E-state index contributed by atoms with van der Waals surface area (Å²) in [6.45, 7) is 13.9. The zero-order valence-electron chi connectivity index (χ0n) is 12.9. The Morgan fingerprint density at radius 2 is 1.79 bits per heavy atom. The Balaban J connectivity index is 2.25. The van der Waals surface area contributed by atoms with E-state index in [1.54, 1.807) is 0 Å². The van der Waals surface area contributed by atoms with Crippen LogP contribution in [0.3, 0.4) is 0 Å². The van der Waals surface area contributed by atoms with Crippen molar-refractivity contribution in [2.45, 2.75) is 52.4 Å². The van der Waals surface area contributed by atoms with E-state index < -0.39 is 0 Å². The van der Waals surface area contributed by atoms with Gasteiger partial charge in [-0.25, -0.2) is 0 Å². The lowest BCUT2D eigenvalue weighted by Crippen LogP contribution is -2.35. The molecule has 0 spiro atoms. The lowest BCUT2D eigenvalue weighted by molar-refractivity contribution is 0.205.